The van der Waals surface area contributed by atoms with E-state index in [2.05, 4.69) is 29.4 Å². The highest BCUT2D eigenvalue weighted by atomic mass is 35.5. The fourth-order valence-corrected chi connectivity index (χ4v) is 6.52. The first-order chi connectivity index (χ1) is 18.6. The van der Waals surface area contributed by atoms with E-state index in [4.69, 9.17) is 16.3 Å². The Morgan fingerprint density at radius 1 is 0.711 bits per heavy atom. The highest BCUT2D eigenvalue weighted by Gasteiger charge is 2.61. The molecule has 4 aromatic carbocycles. The Bertz CT molecular complexity index is 1500. The largest absolute Gasteiger partial charge is 0.489 e. The van der Waals surface area contributed by atoms with Crippen LogP contribution in [0.2, 0.25) is 5.02 Å². The Labute approximate surface area is 225 Å². The molecule has 1 fully saturated rings. The van der Waals surface area contributed by atoms with Crippen LogP contribution in [-0.4, -0.2) is 23.0 Å². The minimum absolute atomic E-state index is 0.136. The fraction of sp³-hybridized carbons (Fsp3) is 0.156. The molecule has 1 aliphatic heterocycles. The quantitative estimate of drug-likeness (QED) is 0.235. The lowest BCUT2D eigenvalue weighted by Gasteiger charge is -2.45. The van der Waals surface area contributed by atoms with E-state index >= 15 is 0 Å². The summed E-state index contributed by atoms with van der Waals surface area (Å²) in [5, 5.41) is 6.14. The van der Waals surface area contributed by atoms with E-state index in [0.29, 0.717) is 17.4 Å². The lowest BCUT2D eigenvalue weighted by atomic mass is 9.55. The van der Waals surface area contributed by atoms with Crippen molar-refractivity contribution in [2.24, 2.45) is 16.9 Å². The molecule has 0 spiro atoms. The maximum absolute atomic E-state index is 13.6. The van der Waals surface area contributed by atoms with Crippen LogP contribution in [0.4, 0.5) is 0 Å². The number of hydrogen-bond donors (Lipinski definition) is 0. The number of rotatable bonds is 5. The first-order valence-electron chi connectivity index (χ1n) is 12.7. The maximum atomic E-state index is 13.6. The van der Waals surface area contributed by atoms with E-state index in [-0.39, 0.29) is 23.7 Å². The Morgan fingerprint density at radius 2 is 1.21 bits per heavy atom. The summed E-state index contributed by atoms with van der Waals surface area (Å²) in [6.45, 7) is 0.361. The molecule has 0 saturated carbocycles. The molecule has 4 aromatic rings. The molecule has 38 heavy (non-hydrogen) atoms. The monoisotopic (exact) mass is 518 g/mol. The van der Waals surface area contributed by atoms with Crippen molar-refractivity contribution < 1.29 is 14.3 Å². The van der Waals surface area contributed by atoms with Gasteiger partial charge < -0.3 is 4.74 Å². The van der Waals surface area contributed by atoms with Gasteiger partial charge in [0.25, 0.3) is 11.8 Å². The van der Waals surface area contributed by atoms with E-state index in [1.165, 1.54) is 0 Å². The van der Waals surface area contributed by atoms with Crippen LogP contribution < -0.4 is 4.74 Å². The third-order valence-corrected chi connectivity index (χ3v) is 8.35. The highest BCUT2D eigenvalue weighted by molar-refractivity contribution is 6.31. The van der Waals surface area contributed by atoms with Gasteiger partial charge in [0.1, 0.15) is 12.4 Å². The van der Waals surface area contributed by atoms with Crippen LogP contribution in [0, 0.1) is 11.8 Å². The molecular formula is C32H23ClN2O3. The number of carbonyl (C=O) groups is 2. The zero-order valence-electron chi connectivity index (χ0n) is 20.3. The SMILES string of the molecule is O=C1[C@@H]2C3c4ccccc4C(c4ccccc43)[C@H]2C(=O)N1/N=C\c1ccc(OCc2ccccc2Cl)cc1. The van der Waals surface area contributed by atoms with Gasteiger partial charge in [-0.25, -0.2) is 0 Å². The van der Waals surface area contributed by atoms with Crippen LogP contribution in [0.25, 0.3) is 0 Å². The van der Waals surface area contributed by atoms with Crippen LogP contribution in [0.1, 0.15) is 45.2 Å². The molecule has 186 valence electrons. The highest BCUT2D eigenvalue weighted by Crippen LogP contribution is 2.60. The van der Waals surface area contributed by atoms with Gasteiger partial charge in [-0.15, -0.1) is 0 Å². The van der Waals surface area contributed by atoms with Crippen LogP contribution >= 0.6 is 11.6 Å². The van der Waals surface area contributed by atoms with E-state index in [1.54, 1.807) is 6.21 Å². The van der Waals surface area contributed by atoms with E-state index in [1.807, 2.05) is 72.8 Å². The van der Waals surface area contributed by atoms with Gasteiger partial charge in [-0.3, -0.25) is 9.59 Å². The van der Waals surface area contributed by atoms with Gasteiger partial charge in [-0.1, -0.05) is 78.3 Å². The van der Waals surface area contributed by atoms with Crippen LogP contribution in [0.3, 0.4) is 0 Å². The molecule has 2 bridgehead atoms. The van der Waals surface area contributed by atoms with E-state index in [0.717, 1.165) is 38.4 Å². The van der Waals surface area contributed by atoms with Crippen LogP contribution in [0.5, 0.6) is 5.75 Å². The van der Waals surface area contributed by atoms with Crippen molar-refractivity contribution >= 4 is 29.6 Å². The minimum atomic E-state index is -0.435. The summed E-state index contributed by atoms with van der Waals surface area (Å²) in [5.41, 5.74) is 6.27. The molecule has 4 aliphatic rings. The number of hydrazone groups is 1. The van der Waals surface area contributed by atoms with Gasteiger partial charge in [0, 0.05) is 22.4 Å². The number of benzene rings is 4. The first-order valence-corrected chi connectivity index (χ1v) is 13.1. The second kappa shape index (κ2) is 8.96. The molecular weight excluding hydrogens is 496 g/mol. The third kappa shape index (κ3) is 3.50. The zero-order chi connectivity index (χ0) is 25.8. The molecule has 1 saturated heterocycles. The second-order valence-electron chi connectivity index (χ2n) is 9.95. The lowest BCUT2D eigenvalue weighted by Crippen LogP contribution is -2.41. The molecule has 2 atom stereocenters. The van der Waals surface area contributed by atoms with Gasteiger partial charge in [-0.2, -0.15) is 10.1 Å². The number of ether oxygens (including phenoxy) is 1. The number of hydrogen-bond acceptors (Lipinski definition) is 4. The summed E-state index contributed by atoms with van der Waals surface area (Å²) in [6.07, 6.45) is 1.56. The lowest BCUT2D eigenvalue weighted by molar-refractivity contribution is -0.139. The van der Waals surface area contributed by atoms with Crippen LogP contribution in [0.15, 0.2) is 102 Å². The van der Waals surface area contributed by atoms with E-state index < -0.39 is 11.8 Å². The molecule has 3 aliphatic carbocycles. The maximum Gasteiger partial charge on any atom is 0.254 e. The van der Waals surface area contributed by atoms with Gasteiger partial charge in [0.05, 0.1) is 18.1 Å². The minimum Gasteiger partial charge on any atom is -0.489 e. The summed E-state index contributed by atoms with van der Waals surface area (Å²) in [6, 6.07) is 31.3. The summed E-state index contributed by atoms with van der Waals surface area (Å²) in [7, 11) is 0. The van der Waals surface area contributed by atoms with Gasteiger partial charge in [-0.05, 0) is 58.1 Å². The van der Waals surface area contributed by atoms with Crippen molar-refractivity contribution in [3.8, 4) is 5.75 Å². The second-order valence-corrected chi connectivity index (χ2v) is 10.4. The predicted molar refractivity (Wildman–Crippen MR) is 145 cm³/mol. The van der Waals surface area contributed by atoms with Gasteiger partial charge in [0.2, 0.25) is 0 Å². The topological polar surface area (TPSA) is 59.0 Å². The molecule has 8 rings (SSSR count). The van der Waals surface area contributed by atoms with Crippen molar-refractivity contribution in [1.82, 2.24) is 5.01 Å². The van der Waals surface area contributed by atoms with Crippen molar-refractivity contribution in [3.05, 3.63) is 135 Å². The number of carbonyl (C=O) groups excluding carboxylic acids is 2. The third-order valence-electron chi connectivity index (χ3n) is 7.98. The Balaban J connectivity index is 1.13. The molecule has 1 heterocycles. The van der Waals surface area contributed by atoms with Gasteiger partial charge >= 0.3 is 0 Å². The van der Waals surface area contributed by atoms with Crippen molar-refractivity contribution in [2.75, 3.05) is 0 Å². The standard InChI is InChI=1S/C32H23ClN2O3/c33-26-12-6-1-7-20(26)18-38-21-15-13-19(14-16-21)17-34-35-31(36)29-27-22-8-2-3-9-23(22)28(30(29)32(35)37)25-11-5-4-10-24(25)27/h1-17,27-30H,18H2/b34-17-/t27?,28?,29-,30-/m1/s1. The molecule has 2 amide bonds. The first kappa shape index (κ1) is 22.9. The molecule has 0 N–H and O–H groups in total. The number of halogens is 1. The van der Waals surface area contributed by atoms with Gasteiger partial charge in [0.15, 0.2) is 0 Å². The zero-order valence-corrected chi connectivity index (χ0v) is 21.1. The number of imide groups is 1. The summed E-state index contributed by atoms with van der Waals surface area (Å²) < 4.78 is 5.85. The predicted octanol–water partition coefficient (Wildman–Crippen LogP) is 6.15. The van der Waals surface area contributed by atoms with Crippen LogP contribution in [-0.2, 0) is 16.2 Å². The molecule has 0 radical (unpaired) electrons. The smallest absolute Gasteiger partial charge is 0.254 e. The Hall–Kier alpha value is -4.22. The van der Waals surface area contributed by atoms with Crippen molar-refractivity contribution in [3.63, 3.8) is 0 Å². The molecule has 6 heteroatoms. The normalized spacial score (nSPS) is 22.9. The summed E-state index contributed by atoms with van der Waals surface area (Å²) in [5.74, 6) is -0.907. The summed E-state index contributed by atoms with van der Waals surface area (Å²) >= 11 is 6.21. The Kier molecular flexibility index (Phi) is 5.41. The molecule has 0 unspecified atom stereocenters. The van der Waals surface area contributed by atoms with Crippen molar-refractivity contribution in [2.45, 2.75) is 18.4 Å². The summed E-state index contributed by atoms with van der Waals surface area (Å²) in [4.78, 5) is 27.3. The van der Waals surface area contributed by atoms with Crippen molar-refractivity contribution in [1.29, 1.82) is 0 Å². The number of nitrogens with zero attached hydrogens (tertiary/aromatic N) is 2. The fourth-order valence-electron chi connectivity index (χ4n) is 6.33. The van der Waals surface area contributed by atoms with E-state index in [9.17, 15) is 9.59 Å². The average molecular weight is 519 g/mol. The molecule has 5 nitrogen and oxygen atoms in total. The number of amides is 2. The molecule has 0 aromatic heterocycles. The Morgan fingerprint density at radius 3 is 1.74 bits per heavy atom. The average Bonchev–Trinajstić information content (AvgIpc) is 3.21.